The van der Waals surface area contributed by atoms with E-state index >= 15 is 0 Å². The summed E-state index contributed by atoms with van der Waals surface area (Å²) in [6, 6.07) is 2.02. The number of carbonyl (C=O) groups is 2. The Morgan fingerprint density at radius 2 is 1.70 bits per heavy atom. The number of hydrogen-bond donors (Lipinski definition) is 1. The van der Waals surface area contributed by atoms with Gasteiger partial charge in [-0.25, -0.2) is 13.1 Å². The maximum Gasteiger partial charge on any atom is 0.307 e. The highest BCUT2D eigenvalue weighted by molar-refractivity contribution is 7.89. The molecule has 1 aromatic carbocycles. The molecule has 180 valence electrons. The number of benzene rings is 1. The Morgan fingerprint density at radius 3 is 2.33 bits per heavy atom. The summed E-state index contributed by atoms with van der Waals surface area (Å²) in [6.07, 6.45) is -0.271. The molecule has 0 radical (unpaired) electrons. The summed E-state index contributed by atoms with van der Waals surface area (Å²) in [7, 11) is -3.80. The lowest BCUT2D eigenvalue weighted by Gasteiger charge is -2.29. The van der Waals surface area contributed by atoms with Gasteiger partial charge in [0.15, 0.2) is 6.10 Å². The van der Waals surface area contributed by atoms with Crippen LogP contribution in [0.25, 0.3) is 0 Å². The van der Waals surface area contributed by atoms with Crippen LogP contribution < -0.4 is 4.72 Å². The van der Waals surface area contributed by atoms with Gasteiger partial charge in [0.1, 0.15) is 0 Å². The molecule has 1 aromatic heterocycles. The van der Waals surface area contributed by atoms with E-state index in [-0.39, 0.29) is 23.8 Å². The fourth-order valence-electron chi connectivity index (χ4n) is 4.23. The smallest absolute Gasteiger partial charge is 0.307 e. The van der Waals surface area contributed by atoms with E-state index in [4.69, 9.17) is 4.74 Å². The summed E-state index contributed by atoms with van der Waals surface area (Å²) < 4.78 is 33.7. The number of hydrogen-bond acceptors (Lipinski definition) is 6. The number of amides is 1. The van der Waals surface area contributed by atoms with E-state index in [1.54, 1.807) is 37.0 Å². The van der Waals surface area contributed by atoms with Crippen LogP contribution in [0.2, 0.25) is 0 Å². The molecule has 1 aliphatic heterocycles. The van der Waals surface area contributed by atoms with Crippen molar-refractivity contribution in [2.75, 3.05) is 13.1 Å². The second kappa shape index (κ2) is 9.95. The number of carbonyl (C=O) groups excluding carboxylic acids is 2. The standard InChI is InChI=1S/C24H32N2O5S2/c1-14-15(2)17(4)23(18(5)16(14)3)33(29,30)25-10-7-22(27)31-19(6)24(28)26-11-8-21-20(13-26)9-12-32-21/h9,12,19,25H,7-8,10-11,13H2,1-6H3. The molecule has 1 N–H and O–H groups in total. The number of nitrogens with one attached hydrogen (secondary N) is 1. The van der Waals surface area contributed by atoms with Gasteiger partial charge in [0.2, 0.25) is 10.0 Å². The van der Waals surface area contributed by atoms with Crippen molar-refractivity contribution in [1.82, 2.24) is 9.62 Å². The maximum atomic E-state index is 13.0. The Bertz CT molecular complexity index is 1150. The number of rotatable bonds is 7. The quantitative estimate of drug-likeness (QED) is 0.598. The average molecular weight is 493 g/mol. The SMILES string of the molecule is Cc1c(C)c(C)c(S(=O)(=O)NCCC(=O)OC(C)C(=O)N2CCc3sccc3C2)c(C)c1C. The van der Waals surface area contributed by atoms with Crippen LogP contribution in [-0.4, -0.2) is 44.4 Å². The van der Waals surface area contributed by atoms with Gasteiger partial charge in [-0.3, -0.25) is 9.59 Å². The van der Waals surface area contributed by atoms with Crippen LogP contribution in [0.5, 0.6) is 0 Å². The van der Waals surface area contributed by atoms with Crippen molar-refractivity contribution in [3.05, 3.63) is 49.7 Å². The van der Waals surface area contributed by atoms with Crippen molar-refractivity contribution in [1.29, 1.82) is 0 Å². The minimum atomic E-state index is -3.80. The predicted molar refractivity (Wildman–Crippen MR) is 129 cm³/mol. The predicted octanol–water partition coefficient (Wildman–Crippen LogP) is 3.48. The van der Waals surface area contributed by atoms with E-state index in [2.05, 4.69) is 4.72 Å². The van der Waals surface area contributed by atoms with Crippen LogP contribution in [0.1, 0.15) is 51.6 Å². The second-order valence-electron chi connectivity index (χ2n) is 8.61. The highest BCUT2D eigenvalue weighted by atomic mass is 32.2. The Labute approximate surface area is 200 Å². The van der Waals surface area contributed by atoms with Gasteiger partial charge in [0.05, 0.1) is 11.3 Å². The molecule has 3 rings (SSSR count). The Morgan fingerprint density at radius 1 is 1.09 bits per heavy atom. The highest BCUT2D eigenvalue weighted by Crippen LogP contribution is 2.29. The molecular formula is C24H32N2O5S2. The number of fused-ring (bicyclic) bond motifs is 1. The van der Waals surface area contributed by atoms with Gasteiger partial charge in [0, 0.05) is 24.5 Å². The first-order chi connectivity index (χ1) is 15.4. The molecule has 2 aromatic rings. The number of sulfonamides is 1. The molecule has 9 heteroatoms. The number of ether oxygens (including phenoxy) is 1. The van der Waals surface area contributed by atoms with Gasteiger partial charge in [-0.15, -0.1) is 11.3 Å². The normalized spacial score (nSPS) is 14.7. The number of thiophene rings is 1. The molecule has 0 fully saturated rings. The molecule has 1 atom stereocenters. The molecule has 1 unspecified atom stereocenters. The molecule has 2 heterocycles. The molecule has 0 bridgehead atoms. The largest absolute Gasteiger partial charge is 0.452 e. The summed E-state index contributed by atoms with van der Waals surface area (Å²) in [5, 5.41) is 2.02. The van der Waals surface area contributed by atoms with Gasteiger partial charge in [-0.05, 0) is 92.8 Å². The van der Waals surface area contributed by atoms with Crippen molar-refractivity contribution in [3.63, 3.8) is 0 Å². The van der Waals surface area contributed by atoms with Crippen LogP contribution in [0.3, 0.4) is 0 Å². The third-order valence-electron chi connectivity index (χ3n) is 6.60. The van der Waals surface area contributed by atoms with Crippen LogP contribution in [0.4, 0.5) is 0 Å². The maximum absolute atomic E-state index is 13.0. The van der Waals surface area contributed by atoms with Crippen molar-refractivity contribution in [3.8, 4) is 0 Å². The summed E-state index contributed by atoms with van der Waals surface area (Å²) in [6.45, 7) is 12.0. The van der Waals surface area contributed by atoms with E-state index < -0.39 is 22.1 Å². The van der Waals surface area contributed by atoms with Crippen LogP contribution in [0.15, 0.2) is 16.3 Å². The van der Waals surface area contributed by atoms with Gasteiger partial charge < -0.3 is 9.64 Å². The van der Waals surface area contributed by atoms with Crippen molar-refractivity contribution < 1.29 is 22.7 Å². The summed E-state index contributed by atoms with van der Waals surface area (Å²) in [4.78, 5) is 28.2. The lowest BCUT2D eigenvalue weighted by molar-refractivity contribution is -0.159. The van der Waals surface area contributed by atoms with Crippen molar-refractivity contribution in [2.24, 2.45) is 0 Å². The summed E-state index contributed by atoms with van der Waals surface area (Å²) in [5.74, 6) is -0.853. The zero-order valence-corrected chi connectivity index (χ0v) is 21.7. The van der Waals surface area contributed by atoms with Crippen LogP contribution >= 0.6 is 11.3 Å². The molecule has 7 nitrogen and oxygen atoms in total. The molecule has 0 aliphatic carbocycles. The summed E-state index contributed by atoms with van der Waals surface area (Å²) in [5.41, 5.74) is 5.52. The van der Waals surface area contributed by atoms with Gasteiger partial charge in [-0.1, -0.05) is 0 Å². The van der Waals surface area contributed by atoms with Crippen molar-refractivity contribution in [2.45, 2.75) is 71.9 Å². The Kier molecular flexibility index (Phi) is 7.65. The first-order valence-electron chi connectivity index (χ1n) is 11.0. The minimum Gasteiger partial charge on any atom is -0.452 e. The Balaban J connectivity index is 1.56. The lowest BCUT2D eigenvalue weighted by Crippen LogP contribution is -2.42. The number of nitrogens with zero attached hydrogens (tertiary/aromatic N) is 1. The number of esters is 1. The minimum absolute atomic E-state index is 0.102. The molecule has 0 saturated carbocycles. The molecule has 0 spiro atoms. The monoisotopic (exact) mass is 492 g/mol. The van der Waals surface area contributed by atoms with E-state index in [1.807, 2.05) is 32.2 Å². The first-order valence-corrected chi connectivity index (χ1v) is 13.4. The molecular weight excluding hydrogens is 460 g/mol. The Hall–Kier alpha value is -2.23. The zero-order valence-electron chi connectivity index (χ0n) is 20.1. The topological polar surface area (TPSA) is 92.8 Å². The molecule has 1 aliphatic rings. The van der Waals surface area contributed by atoms with Gasteiger partial charge >= 0.3 is 5.97 Å². The zero-order chi connectivity index (χ0) is 24.5. The molecule has 1 amide bonds. The third-order valence-corrected chi connectivity index (χ3v) is 9.35. The highest BCUT2D eigenvalue weighted by Gasteiger charge is 2.28. The fraction of sp³-hybridized carbons (Fsp3) is 0.500. The third kappa shape index (κ3) is 5.31. The van der Waals surface area contributed by atoms with E-state index in [9.17, 15) is 18.0 Å². The van der Waals surface area contributed by atoms with Crippen LogP contribution in [0, 0.1) is 34.6 Å². The fourth-order valence-corrected chi connectivity index (χ4v) is 6.75. The first kappa shape index (κ1) is 25.4. The van der Waals surface area contributed by atoms with Crippen LogP contribution in [-0.2, 0) is 37.3 Å². The van der Waals surface area contributed by atoms with E-state index in [0.29, 0.717) is 24.2 Å². The van der Waals surface area contributed by atoms with E-state index in [0.717, 1.165) is 28.7 Å². The van der Waals surface area contributed by atoms with Crippen molar-refractivity contribution >= 4 is 33.2 Å². The lowest BCUT2D eigenvalue weighted by atomic mass is 9.95. The average Bonchev–Trinajstić information content (AvgIpc) is 3.23. The second-order valence-corrected chi connectivity index (χ2v) is 11.3. The molecule has 0 saturated heterocycles. The summed E-state index contributed by atoms with van der Waals surface area (Å²) >= 11 is 1.69. The van der Waals surface area contributed by atoms with Gasteiger partial charge in [0.25, 0.3) is 5.91 Å². The van der Waals surface area contributed by atoms with Gasteiger partial charge in [-0.2, -0.15) is 0 Å². The van der Waals surface area contributed by atoms with E-state index in [1.165, 1.54) is 4.88 Å². The molecule has 33 heavy (non-hydrogen) atoms.